The van der Waals surface area contributed by atoms with E-state index in [2.05, 4.69) is 15.6 Å². The molecule has 7 heteroatoms. The van der Waals surface area contributed by atoms with Crippen LogP contribution in [-0.4, -0.2) is 59.3 Å². The van der Waals surface area contributed by atoms with Gasteiger partial charge in [-0.1, -0.05) is 6.07 Å². The number of fused-ring (bicyclic) bond motifs is 1. The number of likely N-dealkylation sites (N-methyl/N-ethyl adjacent to an activating group) is 1. The average Bonchev–Trinajstić information content (AvgIpc) is 3.24. The lowest BCUT2D eigenvalue weighted by atomic mass is 10.3. The average molecular weight is 315 g/mol. The molecule has 2 N–H and O–H groups in total. The van der Waals surface area contributed by atoms with Crippen LogP contribution < -0.4 is 10.6 Å². The first-order chi connectivity index (χ1) is 11.1. The fourth-order valence-electron chi connectivity index (χ4n) is 2.32. The molecule has 2 aromatic rings. The predicted molar refractivity (Wildman–Crippen MR) is 86.6 cm³/mol. The Balaban J connectivity index is 1.84. The molecule has 0 radical (unpaired) electrons. The second kappa shape index (κ2) is 6.37. The van der Waals surface area contributed by atoms with Crippen molar-refractivity contribution in [3.63, 3.8) is 0 Å². The molecule has 0 spiro atoms. The van der Waals surface area contributed by atoms with Crippen LogP contribution in [0.25, 0.3) is 5.52 Å². The van der Waals surface area contributed by atoms with E-state index in [-0.39, 0.29) is 23.7 Å². The Morgan fingerprint density at radius 2 is 2.09 bits per heavy atom. The lowest BCUT2D eigenvalue weighted by molar-refractivity contribution is 0.0940. The molecule has 2 aromatic heterocycles. The maximum Gasteiger partial charge on any atom is 0.287 e. The minimum absolute atomic E-state index is 0.219. The molecule has 23 heavy (non-hydrogen) atoms. The van der Waals surface area contributed by atoms with E-state index in [9.17, 15) is 9.59 Å². The van der Waals surface area contributed by atoms with Gasteiger partial charge in [0.1, 0.15) is 0 Å². The molecular weight excluding hydrogens is 294 g/mol. The van der Waals surface area contributed by atoms with Crippen LogP contribution in [0.1, 0.15) is 33.9 Å². The van der Waals surface area contributed by atoms with E-state index in [1.807, 2.05) is 31.1 Å². The second-order valence-electron chi connectivity index (χ2n) is 6.05. The number of aromatic nitrogens is 2. The number of rotatable bonds is 6. The zero-order valence-corrected chi connectivity index (χ0v) is 13.4. The van der Waals surface area contributed by atoms with E-state index < -0.39 is 0 Å². The first-order valence-corrected chi connectivity index (χ1v) is 7.77. The molecule has 1 aliphatic carbocycles. The largest absolute Gasteiger partial charge is 0.348 e. The molecule has 0 aliphatic heterocycles. The topological polar surface area (TPSA) is 78.7 Å². The molecule has 1 fully saturated rings. The summed E-state index contributed by atoms with van der Waals surface area (Å²) in [6.07, 6.45) is 3.77. The first-order valence-electron chi connectivity index (χ1n) is 7.77. The van der Waals surface area contributed by atoms with Crippen molar-refractivity contribution in [3.8, 4) is 0 Å². The standard InChI is InChI=1S/C16H21N5O2/c1-20(2)10-8-17-16(23)14-19-13(15(22)18-11-6-7-11)12-5-3-4-9-21(12)14/h3-5,9,11H,6-8,10H2,1-2H3,(H,17,23)(H,18,22). The number of hydrogen-bond donors (Lipinski definition) is 2. The van der Waals surface area contributed by atoms with Crippen LogP contribution in [0.3, 0.4) is 0 Å². The highest BCUT2D eigenvalue weighted by Gasteiger charge is 2.27. The number of carbonyl (C=O) groups is 2. The maximum atomic E-state index is 12.4. The minimum atomic E-state index is -0.279. The van der Waals surface area contributed by atoms with Crippen LogP contribution in [0, 0.1) is 0 Å². The molecule has 122 valence electrons. The van der Waals surface area contributed by atoms with Gasteiger partial charge in [0.25, 0.3) is 11.8 Å². The van der Waals surface area contributed by atoms with Crippen molar-refractivity contribution < 1.29 is 9.59 Å². The Kier molecular flexibility index (Phi) is 4.29. The minimum Gasteiger partial charge on any atom is -0.348 e. The third kappa shape index (κ3) is 3.50. The van der Waals surface area contributed by atoms with Gasteiger partial charge in [-0.3, -0.25) is 14.0 Å². The van der Waals surface area contributed by atoms with Gasteiger partial charge in [0.2, 0.25) is 5.82 Å². The van der Waals surface area contributed by atoms with E-state index in [4.69, 9.17) is 0 Å². The zero-order valence-electron chi connectivity index (χ0n) is 13.4. The van der Waals surface area contributed by atoms with Crippen molar-refractivity contribution >= 4 is 17.3 Å². The molecule has 0 bridgehead atoms. The Labute approximate surface area is 134 Å². The fourth-order valence-corrected chi connectivity index (χ4v) is 2.32. The maximum absolute atomic E-state index is 12.4. The molecule has 1 saturated carbocycles. The first kappa shape index (κ1) is 15.5. The van der Waals surface area contributed by atoms with Gasteiger partial charge in [0, 0.05) is 25.3 Å². The van der Waals surface area contributed by atoms with Crippen molar-refractivity contribution in [2.45, 2.75) is 18.9 Å². The molecule has 7 nitrogen and oxygen atoms in total. The summed E-state index contributed by atoms with van der Waals surface area (Å²) >= 11 is 0. The Morgan fingerprint density at radius 1 is 1.30 bits per heavy atom. The number of amides is 2. The highest BCUT2D eigenvalue weighted by Crippen LogP contribution is 2.20. The fraction of sp³-hybridized carbons (Fsp3) is 0.438. The van der Waals surface area contributed by atoms with Gasteiger partial charge in [0.15, 0.2) is 5.69 Å². The van der Waals surface area contributed by atoms with Crippen molar-refractivity contribution in [1.29, 1.82) is 0 Å². The van der Waals surface area contributed by atoms with Gasteiger partial charge in [-0.05, 0) is 39.1 Å². The molecule has 0 atom stereocenters. The number of hydrogen-bond acceptors (Lipinski definition) is 4. The van der Waals surface area contributed by atoms with Crippen LogP contribution in [-0.2, 0) is 0 Å². The molecule has 3 rings (SSSR count). The van der Waals surface area contributed by atoms with E-state index in [0.29, 0.717) is 17.8 Å². The highest BCUT2D eigenvalue weighted by atomic mass is 16.2. The molecular formula is C16H21N5O2. The van der Waals surface area contributed by atoms with E-state index in [0.717, 1.165) is 19.4 Å². The van der Waals surface area contributed by atoms with Gasteiger partial charge in [-0.15, -0.1) is 0 Å². The van der Waals surface area contributed by atoms with Crippen molar-refractivity contribution in [2.75, 3.05) is 27.2 Å². The molecule has 1 aliphatic rings. The lowest BCUT2D eigenvalue weighted by Crippen LogP contribution is -2.32. The summed E-state index contributed by atoms with van der Waals surface area (Å²) < 4.78 is 1.66. The zero-order chi connectivity index (χ0) is 16.4. The molecule has 2 amide bonds. The number of nitrogens with zero attached hydrogens (tertiary/aromatic N) is 3. The van der Waals surface area contributed by atoms with Crippen LogP contribution in [0.4, 0.5) is 0 Å². The van der Waals surface area contributed by atoms with Gasteiger partial charge < -0.3 is 15.5 Å². The summed E-state index contributed by atoms with van der Waals surface area (Å²) in [4.78, 5) is 31.0. The van der Waals surface area contributed by atoms with Crippen LogP contribution >= 0.6 is 0 Å². The summed E-state index contributed by atoms with van der Waals surface area (Å²) in [5.74, 6) is -0.262. The second-order valence-corrected chi connectivity index (χ2v) is 6.05. The predicted octanol–water partition coefficient (Wildman–Crippen LogP) is 0.518. The van der Waals surface area contributed by atoms with E-state index in [1.165, 1.54) is 0 Å². The summed E-state index contributed by atoms with van der Waals surface area (Å²) in [6.45, 7) is 1.27. The third-order valence-electron chi connectivity index (χ3n) is 3.72. The Hall–Kier alpha value is -2.41. The van der Waals surface area contributed by atoms with Crippen molar-refractivity contribution in [2.24, 2.45) is 0 Å². The number of imidazole rings is 1. The van der Waals surface area contributed by atoms with Crippen LogP contribution in [0.5, 0.6) is 0 Å². The number of nitrogens with one attached hydrogen (secondary N) is 2. The lowest BCUT2D eigenvalue weighted by Gasteiger charge is -2.09. The highest BCUT2D eigenvalue weighted by molar-refractivity contribution is 6.02. The monoisotopic (exact) mass is 315 g/mol. The normalized spacial score (nSPS) is 14.2. The molecule has 0 saturated heterocycles. The third-order valence-corrected chi connectivity index (χ3v) is 3.72. The van der Waals surface area contributed by atoms with Gasteiger partial charge in [-0.25, -0.2) is 4.98 Å². The van der Waals surface area contributed by atoms with Crippen molar-refractivity contribution in [1.82, 2.24) is 24.9 Å². The van der Waals surface area contributed by atoms with Crippen molar-refractivity contribution in [3.05, 3.63) is 35.9 Å². The van der Waals surface area contributed by atoms with Gasteiger partial charge in [0.05, 0.1) is 5.52 Å². The van der Waals surface area contributed by atoms with E-state index in [1.54, 1.807) is 16.7 Å². The molecule has 2 heterocycles. The summed E-state index contributed by atoms with van der Waals surface area (Å²) in [5, 5.41) is 5.75. The summed E-state index contributed by atoms with van der Waals surface area (Å²) in [7, 11) is 3.88. The summed E-state index contributed by atoms with van der Waals surface area (Å²) in [5.41, 5.74) is 0.943. The molecule has 0 aromatic carbocycles. The molecule has 0 unspecified atom stereocenters. The quantitative estimate of drug-likeness (QED) is 0.814. The van der Waals surface area contributed by atoms with Crippen LogP contribution in [0.15, 0.2) is 24.4 Å². The van der Waals surface area contributed by atoms with Gasteiger partial charge >= 0.3 is 0 Å². The Bertz CT molecular complexity index is 733. The van der Waals surface area contributed by atoms with E-state index >= 15 is 0 Å². The Morgan fingerprint density at radius 3 is 2.78 bits per heavy atom. The SMILES string of the molecule is CN(C)CCNC(=O)c1nc(C(=O)NC2CC2)c2ccccn12. The summed E-state index contributed by atoms with van der Waals surface area (Å²) in [6, 6.07) is 5.69. The smallest absolute Gasteiger partial charge is 0.287 e. The number of carbonyl (C=O) groups excluding carboxylic acids is 2. The van der Waals surface area contributed by atoms with Crippen LogP contribution in [0.2, 0.25) is 0 Å². The van der Waals surface area contributed by atoms with Gasteiger partial charge in [-0.2, -0.15) is 0 Å². The number of pyridine rings is 1.